The number of nitrogens with zero attached hydrogens (tertiary/aromatic N) is 1. The summed E-state index contributed by atoms with van der Waals surface area (Å²) in [5.41, 5.74) is 0.488. The average molecular weight is 632 g/mol. The molecule has 0 bridgehead atoms. The zero-order valence-corrected chi connectivity index (χ0v) is 25.7. The highest BCUT2D eigenvalue weighted by Gasteiger charge is 2.58. The molecule has 3 aromatic carbocycles. The van der Waals surface area contributed by atoms with Crippen LogP contribution in [0.3, 0.4) is 0 Å². The highest BCUT2D eigenvalue weighted by molar-refractivity contribution is 7.86. The largest absolute Gasteiger partial charge is 0.509 e. The van der Waals surface area contributed by atoms with Crippen molar-refractivity contribution in [2.75, 3.05) is 5.75 Å². The third-order valence-electron chi connectivity index (χ3n) is 7.08. The van der Waals surface area contributed by atoms with Gasteiger partial charge >= 0.3 is 12.1 Å². The van der Waals surface area contributed by atoms with Gasteiger partial charge in [0.1, 0.15) is 28.8 Å². The number of fused-ring (bicyclic) bond motifs is 1. The minimum Gasteiger partial charge on any atom is -0.509 e. The van der Waals surface area contributed by atoms with Crippen LogP contribution >= 0.6 is 0 Å². The summed E-state index contributed by atoms with van der Waals surface area (Å²) in [7, 11) is -1.87. The van der Waals surface area contributed by atoms with E-state index < -0.39 is 81.0 Å². The maximum absolute atomic E-state index is 13.6. The number of benzene rings is 3. The molecule has 12 heteroatoms. The van der Waals surface area contributed by atoms with Crippen LogP contribution in [0.1, 0.15) is 49.6 Å². The fourth-order valence-corrected chi connectivity index (χ4v) is 6.61. The van der Waals surface area contributed by atoms with Crippen molar-refractivity contribution in [3.8, 4) is 0 Å². The van der Waals surface area contributed by atoms with Crippen molar-refractivity contribution in [1.29, 1.82) is 0 Å². The number of esters is 1. The lowest BCUT2D eigenvalue weighted by molar-refractivity contribution is -0.155. The van der Waals surface area contributed by atoms with Crippen molar-refractivity contribution in [1.82, 2.24) is 15.5 Å². The molecule has 11 nitrogen and oxygen atoms in total. The molecule has 2 aliphatic rings. The van der Waals surface area contributed by atoms with Crippen LogP contribution in [-0.4, -0.2) is 60.9 Å². The van der Waals surface area contributed by atoms with E-state index in [0.717, 1.165) is 4.90 Å². The molecular formula is C33H33N3O8S. The van der Waals surface area contributed by atoms with E-state index in [-0.39, 0.29) is 0 Å². The zero-order valence-electron chi connectivity index (χ0n) is 24.8. The molecule has 4 atom stereocenters. The van der Waals surface area contributed by atoms with Gasteiger partial charge in [-0.1, -0.05) is 91.0 Å². The average Bonchev–Trinajstić information content (AvgIpc) is 3.01. The Bertz CT molecular complexity index is 1600. The van der Waals surface area contributed by atoms with Gasteiger partial charge in [0, 0.05) is 0 Å². The first-order chi connectivity index (χ1) is 21.4. The Kier molecular flexibility index (Phi) is 9.05. The SMILES string of the molecule is CC(C)(C)OC(=O)NC(C(=O)N[C@@H]1C(=O)N2C(C(=O)OC(c3ccccc3)c3ccccc3)=C(O)CS(=O)[C@H]12)c1ccccc1. The van der Waals surface area contributed by atoms with E-state index in [0.29, 0.717) is 16.7 Å². The predicted octanol–water partition coefficient (Wildman–Crippen LogP) is 3.77. The number of aliphatic hydroxyl groups excluding tert-OH is 1. The Morgan fingerprint density at radius 3 is 1.91 bits per heavy atom. The highest BCUT2D eigenvalue weighted by Crippen LogP contribution is 2.36. The summed E-state index contributed by atoms with van der Waals surface area (Å²) < 4.78 is 24.3. The first kappa shape index (κ1) is 31.5. The van der Waals surface area contributed by atoms with Crippen LogP contribution in [0, 0.1) is 0 Å². The minimum atomic E-state index is -1.87. The standard InChI is InChI=1S/C33H33N3O8S/c1-33(2,3)44-32(41)35-24(20-13-7-4-8-14-20)28(38)34-25-29(39)36-26(23(37)19-45(42)30(25)36)31(40)43-27(21-15-9-5-10-16-21)22-17-11-6-12-18-22/h4-18,24-25,27,30,37H,19H2,1-3H3,(H,34,38)(H,35,41)/t24?,25-,30-,45?/m1/s1. The van der Waals surface area contributed by atoms with Crippen LogP contribution in [0.5, 0.6) is 0 Å². The smallest absolute Gasteiger partial charge is 0.408 e. The predicted molar refractivity (Wildman–Crippen MR) is 165 cm³/mol. The molecule has 0 aliphatic carbocycles. The first-order valence-electron chi connectivity index (χ1n) is 14.2. The summed E-state index contributed by atoms with van der Waals surface area (Å²) in [5.74, 6) is -3.48. The van der Waals surface area contributed by atoms with E-state index in [2.05, 4.69) is 10.6 Å². The zero-order chi connectivity index (χ0) is 32.3. The lowest BCUT2D eigenvalue weighted by Gasteiger charge is -2.48. The van der Waals surface area contributed by atoms with Gasteiger partial charge in [0.2, 0.25) is 5.91 Å². The van der Waals surface area contributed by atoms with E-state index in [1.54, 1.807) is 99.6 Å². The van der Waals surface area contributed by atoms with E-state index >= 15 is 0 Å². The van der Waals surface area contributed by atoms with Crippen LogP contribution in [0.15, 0.2) is 102 Å². The molecule has 0 saturated carbocycles. The molecule has 3 amide bonds. The molecule has 0 spiro atoms. The summed E-state index contributed by atoms with van der Waals surface area (Å²) in [5, 5.41) is 14.7. The van der Waals surface area contributed by atoms with Crippen molar-refractivity contribution in [3.05, 3.63) is 119 Å². The van der Waals surface area contributed by atoms with Crippen molar-refractivity contribution in [3.63, 3.8) is 0 Å². The summed E-state index contributed by atoms with van der Waals surface area (Å²) >= 11 is 0. The number of amides is 3. The quantitative estimate of drug-likeness (QED) is 0.251. The molecule has 3 N–H and O–H groups in total. The second kappa shape index (κ2) is 12.9. The maximum atomic E-state index is 13.6. The minimum absolute atomic E-state index is 0.420. The number of rotatable bonds is 8. The Morgan fingerprint density at radius 1 is 0.889 bits per heavy atom. The van der Waals surface area contributed by atoms with E-state index in [1.165, 1.54) is 0 Å². The van der Waals surface area contributed by atoms with Crippen molar-refractivity contribution >= 4 is 34.7 Å². The van der Waals surface area contributed by atoms with Crippen LogP contribution in [-0.2, 0) is 34.7 Å². The van der Waals surface area contributed by atoms with E-state index in [4.69, 9.17) is 9.47 Å². The van der Waals surface area contributed by atoms with Gasteiger partial charge < -0.3 is 25.2 Å². The first-order valence-corrected chi connectivity index (χ1v) is 15.6. The molecular weight excluding hydrogens is 598 g/mol. The third-order valence-corrected chi connectivity index (χ3v) is 8.66. The Balaban J connectivity index is 1.36. The molecule has 5 rings (SSSR count). The number of ether oxygens (including phenoxy) is 2. The number of hydrogen-bond acceptors (Lipinski definition) is 8. The molecule has 0 radical (unpaired) electrons. The van der Waals surface area contributed by atoms with Gasteiger partial charge in [-0.2, -0.15) is 0 Å². The molecule has 3 aromatic rings. The molecule has 0 aromatic heterocycles. The molecule has 234 valence electrons. The van der Waals surface area contributed by atoms with Gasteiger partial charge in [-0.15, -0.1) is 0 Å². The fraction of sp³-hybridized carbons (Fsp3) is 0.273. The second-order valence-corrected chi connectivity index (χ2v) is 13.0. The van der Waals surface area contributed by atoms with Gasteiger partial charge in [-0.3, -0.25) is 18.7 Å². The fourth-order valence-electron chi connectivity index (χ4n) is 5.10. The van der Waals surface area contributed by atoms with Gasteiger partial charge in [0.05, 0.1) is 16.6 Å². The number of aliphatic hydroxyl groups is 1. The van der Waals surface area contributed by atoms with Crippen molar-refractivity contribution in [2.45, 2.75) is 49.9 Å². The molecule has 1 fully saturated rings. The summed E-state index contributed by atoms with van der Waals surface area (Å²) in [6.45, 7) is 5.03. The normalized spacial score (nSPS) is 20.0. The lowest BCUT2D eigenvalue weighted by atomic mass is 10.0. The molecule has 2 aliphatic heterocycles. The van der Waals surface area contributed by atoms with Gasteiger partial charge in [-0.25, -0.2) is 9.59 Å². The number of alkyl carbamates (subject to hydrolysis) is 1. The third kappa shape index (κ3) is 6.91. The molecule has 1 saturated heterocycles. The Labute approximate surface area is 262 Å². The number of carbonyl (C=O) groups excluding carboxylic acids is 4. The summed E-state index contributed by atoms with van der Waals surface area (Å²) in [6, 6.07) is 23.8. The van der Waals surface area contributed by atoms with Crippen LogP contribution in [0.25, 0.3) is 0 Å². The van der Waals surface area contributed by atoms with Gasteiger partial charge in [0.25, 0.3) is 5.91 Å². The van der Waals surface area contributed by atoms with Crippen molar-refractivity contribution < 1.29 is 38.0 Å². The number of nitrogens with one attached hydrogen (secondary N) is 2. The lowest BCUT2D eigenvalue weighted by Crippen LogP contribution is -2.74. The van der Waals surface area contributed by atoms with E-state index in [9.17, 15) is 28.5 Å². The molecule has 2 unspecified atom stereocenters. The number of hydrogen-bond donors (Lipinski definition) is 3. The number of carbonyl (C=O) groups is 4. The van der Waals surface area contributed by atoms with E-state index in [1.807, 2.05) is 12.1 Å². The molecule has 2 heterocycles. The highest BCUT2D eigenvalue weighted by atomic mass is 32.2. The van der Waals surface area contributed by atoms with Crippen molar-refractivity contribution in [2.24, 2.45) is 0 Å². The Morgan fingerprint density at radius 2 is 1.40 bits per heavy atom. The second-order valence-electron chi connectivity index (χ2n) is 11.5. The Hall–Kier alpha value is -4.97. The summed E-state index contributed by atoms with van der Waals surface area (Å²) in [4.78, 5) is 54.0. The van der Waals surface area contributed by atoms with Gasteiger partial charge in [-0.05, 0) is 37.5 Å². The van der Waals surface area contributed by atoms with Crippen LogP contribution < -0.4 is 10.6 Å². The van der Waals surface area contributed by atoms with Crippen LogP contribution in [0.4, 0.5) is 4.79 Å². The molecule has 45 heavy (non-hydrogen) atoms. The topological polar surface area (TPSA) is 151 Å². The number of β-lactam (4-membered cyclic amide) rings is 1. The van der Waals surface area contributed by atoms with Gasteiger partial charge in [0.15, 0.2) is 11.8 Å². The summed E-state index contributed by atoms with van der Waals surface area (Å²) in [6.07, 6.45) is -1.71. The van der Waals surface area contributed by atoms with Crippen LogP contribution in [0.2, 0.25) is 0 Å². The monoisotopic (exact) mass is 631 g/mol. The maximum Gasteiger partial charge on any atom is 0.408 e.